The smallest absolute Gasteiger partial charge is 0.435 e. The van der Waals surface area contributed by atoms with Crippen LogP contribution in [0.25, 0.3) is 47.2 Å². The Hall–Kier alpha value is -12.5. The van der Waals surface area contributed by atoms with Crippen LogP contribution in [0.4, 0.5) is 27.0 Å². The van der Waals surface area contributed by atoms with Crippen molar-refractivity contribution in [1.82, 2.24) is 50.6 Å². The summed E-state index contributed by atoms with van der Waals surface area (Å²) in [6.45, 7) is 46.0. The maximum atomic E-state index is 13.1. The van der Waals surface area contributed by atoms with Crippen LogP contribution in [0.2, 0.25) is 0 Å². The molecule has 3 unspecified atom stereocenters. The number of allylic oxidation sites excluding steroid dienone is 9. The number of anilines is 3. The van der Waals surface area contributed by atoms with Gasteiger partial charge in [0.25, 0.3) is 11.8 Å². The van der Waals surface area contributed by atoms with Crippen LogP contribution in [0.15, 0.2) is 147 Å². The molecule has 0 fully saturated rings. The van der Waals surface area contributed by atoms with Crippen LogP contribution in [0.5, 0.6) is 0 Å². The Kier molecular flexibility index (Phi) is 20.9. The average Bonchev–Trinajstić information content (AvgIpc) is 1.76. The number of amides is 2. The summed E-state index contributed by atoms with van der Waals surface area (Å²) in [6.07, 6.45) is -1.30. The molecule has 3 atom stereocenters. The number of hydrogen-bond acceptors (Lipinski definition) is 20. The summed E-state index contributed by atoms with van der Waals surface area (Å²) in [5.41, 5.74) is 16.1. The fraction of sp³-hybridized carbons (Fsp3) is 0.319. The van der Waals surface area contributed by atoms with Crippen molar-refractivity contribution in [3.05, 3.63) is 209 Å². The third-order valence-electron chi connectivity index (χ3n) is 16.4. The summed E-state index contributed by atoms with van der Waals surface area (Å²) in [7, 11) is 0. The number of nitriles is 3. The first-order valence-electron chi connectivity index (χ1n) is 31.5. The Morgan fingerprint density at radius 3 is 1.33 bits per heavy atom. The van der Waals surface area contributed by atoms with Crippen molar-refractivity contribution < 1.29 is 33.8 Å². The van der Waals surface area contributed by atoms with Gasteiger partial charge in [-0.15, -0.1) is 10.2 Å². The Morgan fingerprint density at radius 1 is 0.576 bits per heavy atom. The number of dihydropyridines is 3. The molecule has 27 heteroatoms. The van der Waals surface area contributed by atoms with Gasteiger partial charge in [-0.25, -0.2) is 24.1 Å². The van der Waals surface area contributed by atoms with E-state index in [1.54, 1.807) is 110 Å². The van der Waals surface area contributed by atoms with Crippen molar-refractivity contribution in [2.45, 2.75) is 112 Å². The molecule has 99 heavy (non-hydrogen) atoms. The lowest BCUT2D eigenvalue weighted by atomic mass is 9.84. The number of hydrogen-bond donors (Lipinski definition) is 9. The molecule has 0 spiro atoms. The van der Waals surface area contributed by atoms with E-state index in [1.165, 1.54) is 9.58 Å². The topological polar surface area (TPSA) is 357 Å². The first kappa shape index (κ1) is 70.8. The van der Waals surface area contributed by atoms with Gasteiger partial charge in [0.15, 0.2) is 34.5 Å². The number of ether oxygens (including phenoxy) is 2. The van der Waals surface area contributed by atoms with E-state index in [2.05, 4.69) is 85.0 Å². The van der Waals surface area contributed by atoms with Gasteiger partial charge in [-0.1, -0.05) is 30.3 Å². The summed E-state index contributed by atoms with van der Waals surface area (Å²) in [4.78, 5) is 63.7. The maximum Gasteiger partial charge on any atom is 0.435 e. The summed E-state index contributed by atoms with van der Waals surface area (Å²) in [6, 6.07) is 29.9. The number of H-pyrrole nitrogens is 1. The normalized spacial score (nSPS) is 16.8. The van der Waals surface area contributed by atoms with E-state index in [-0.39, 0.29) is 44.0 Å². The summed E-state index contributed by atoms with van der Waals surface area (Å²) in [5, 5.41) is 75.5. The van der Waals surface area contributed by atoms with Crippen LogP contribution in [0.1, 0.15) is 138 Å². The molecule has 11 rings (SSSR count). The average molecular weight is 1330 g/mol. The molecule has 504 valence electrons. The quantitative estimate of drug-likeness (QED) is 0.0382. The Morgan fingerprint density at radius 2 is 0.960 bits per heavy atom. The highest BCUT2D eigenvalue weighted by Crippen LogP contribution is 2.43. The summed E-state index contributed by atoms with van der Waals surface area (Å²) in [5.74, 6) is -0.782. The van der Waals surface area contributed by atoms with E-state index < -0.39 is 35.2 Å². The monoisotopic (exact) mass is 1330 g/mol. The number of aromatic nitrogens is 6. The lowest BCUT2D eigenvalue weighted by Gasteiger charge is -2.26. The molecule has 0 radical (unpaired) electrons. The number of carbonyl (C=O) groups excluding carboxylic acids is 4. The lowest BCUT2D eigenvalue weighted by molar-refractivity contribution is 0.0512. The molecule has 7 aromatic rings. The fourth-order valence-corrected chi connectivity index (χ4v) is 12.0. The van der Waals surface area contributed by atoms with Crippen molar-refractivity contribution in [2.75, 3.05) is 55.3 Å². The van der Waals surface area contributed by atoms with E-state index >= 15 is 0 Å². The van der Waals surface area contributed by atoms with Crippen LogP contribution < -0.4 is 37.6 Å². The molecular formula is C72H74N20O7. The number of nitrogens with two attached hydrogens (primary N) is 1. The molecule has 0 bridgehead atoms. The van der Waals surface area contributed by atoms with Gasteiger partial charge in [0.2, 0.25) is 0 Å². The molecule has 10 N–H and O–H groups in total. The minimum absolute atomic E-state index is 0.0748. The molecule has 7 heterocycles. The number of nitrogens with zero attached hydrogens (tertiary/aromatic N) is 12. The Bertz CT molecular complexity index is 4810. The Labute approximate surface area is 572 Å². The van der Waals surface area contributed by atoms with Crippen molar-refractivity contribution in [1.29, 1.82) is 15.8 Å². The number of imide groups is 1. The zero-order chi connectivity index (χ0) is 71.9. The number of rotatable bonds is 13. The van der Waals surface area contributed by atoms with Gasteiger partial charge in [-0.3, -0.25) is 19.6 Å². The molecular weight excluding hydrogens is 1260 g/mol. The number of carbonyl (C=O) groups is 4. The SMILES string of the molecule is [C-]#[N+]C1=C(C)NC(C)=C(C#N)C1c1ccc2[nH]nc(NCCN)c2c1.[C-]#[N+]C1=C(C)NC(C)=C(C#N)C1c1ccc2c(c1)c(NCCN1C(=O)c3ccccc3C1=O)nn2C(=O)OC(C)(C)C.[C-]#[N+]C1=C(C)NC(C)=C(C#N)C1c1ccc2c(c1)c(NCCO)nn2C(=O)OC(C)(C)C. The van der Waals surface area contributed by atoms with Crippen molar-refractivity contribution >= 4 is 74.2 Å². The Balaban J connectivity index is 0.000000180. The highest BCUT2D eigenvalue weighted by molar-refractivity contribution is 6.21. The maximum absolute atomic E-state index is 13.1. The molecule has 4 aliphatic rings. The van der Waals surface area contributed by atoms with E-state index in [1.807, 2.05) is 52.0 Å². The minimum Gasteiger partial charge on any atom is -0.442 e. The van der Waals surface area contributed by atoms with Gasteiger partial charge in [0, 0.05) is 83.1 Å². The van der Waals surface area contributed by atoms with Crippen molar-refractivity contribution in [2.24, 2.45) is 5.73 Å². The van der Waals surface area contributed by atoms with Crippen LogP contribution in [-0.2, 0) is 9.47 Å². The first-order chi connectivity index (χ1) is 47.2. The molecule has 4 aromatic carbocycles. The standard InChI is InChI=1S/C31H29N7O4.C23H26N6O3.C18H19N7/c1-17-23(16-32)25(26(33-6)18(2)35-17)19-11-12-24-22(15-19)27(36-38(24)30(41)42-31(3,4)5)34-13-14-37-28(39)20-9-7-8-10-21(20)29(37)40;1-13-17(12-24)19(20(25-6)14(2)27-13)15-7-8-18-16(11-15)21(26-9-10-30)28-29(18)22(31)32-23(3,4)5;1-10-14(9-20)16(17(21-3)11(2)23-10)12-4-5-15-13(8-12)18(25-24-15)22-7-6-19/h7-12,15,25,35H,13-14H2,1-5H3,(H,34,36);7-8,11,19,27,30H,9-10H2,1-5H3,(H,26,28);4-5,8,16,23H,6-7,19H2,1-2H3,(H2,22,24,25). The zero-order valence-electron chi connectivity index (χ0n) is 56.8. The van der Waals surface area contributed by atoms with Gasteiger partial charge in [-0.2, -0.15) is 30.2 Å². The number of aliphatic hydroxyl groups excluding tert-OH is 1. The number of benzene rings is 4. The lowest BCUT2D eigenvalue weighted by Crippen LogP contribution is -2.34. The molecule has 3 aromatic heterocycles. The molecule has 2 amide bonds. The van der Waals surface area contributed by atoms with Crippen LogP contribution >= 0.6 is 0 Å². The van der Waals surface area contributed by atoms with Gasteiger partial charge in [-0.05, 0) is 148 Å². The number of nitrogens with one attached hydrogen (secondary N) is 7. The second-order valence-corrected chi connectivity index (χ2v) is 25.5. The van der Waals surface area contributed by atoms with Crippen LogP contribution in [0, 0.1) is 53.7 Å². The van der Waals surface area contributed by atoms with E-state index in [0.717, 1.165) is 43.9 Å². The number of fused-ring (bicyclic) bond motifs is 4. The molecule has 0 saturated carbocycles. The highest BCUT2D eigenvalue weighted by Gasteiger charge is 2.37. The van der Waals surface area contributed by atoms with Crippen LogP contribution in [-0.4, -0.2) is 114 Å². The van der Waals surface area contributed by atoms with Gasteiger partial charge < -0.3 is 52.2 Å². The van der Waals surface area contributed by atoms with Crippen LogP contribution in [0.3, 0.4) is 0 Å². The van der Waals surface area contributed by atoms with Crippen molar-refractivity contribution in [3.63, 3.8) is 0 Å². The largest absolute Gasteiger partial charge is 0.442 e. The molecule has 0 aliphatic carbocycles. The number of aliphatic hydroxyl groups is 1. The van der Waals surface area contributed by atoms with E-state index in [0.29, 0.717) is 120 Å². The minimum atomic E-state index is -0.764. The third kappa shape index (κ3) is 14.5. The van der Waals surface area contributed by atoms with Gasteiger partial charge in [0.1, 0.15) is 11.2 Å². The predicted octanol–water partition coefficient (Wildman–Crippen LogP) is 11.6. The third-order valence-corrected chi connectivity index (χ3v) is 16.4. The molecule has 27 nitrogen and oxygen atoms in total. The summed E-state index contributed by atoms with van der Waals surface area (Å²) < 4.78 is 13.4. The van der Waals surface area contributed by atoms with E-state index in [9.17, 15) is 40.1 Å². The fourth-order valence-electron chi connectivity index (χ4n) is 12.0. The summed E-state index contributed by atoms with van der Waals surface area (Å²) >= 11 is 0. The molecule has 0 saturated heterocycles. The zero-order valence-corrected chi connectivity index (χ0v) is 56.8. The predicted molar refractivity (Wildman–Crippen MR) is 373 cm³/mol. The first-order valence-corrected chi connectivity index (χ1v) is 31.5. The molecule has 4 aliphatic heterocycles. The highest BCUT2D eigenvalue weighted by atomic mass is 16.6. The van der Waals surface area contributed by atoms with Gasteiger partial charge >= 0.3 is 12.2 Å². The van der Waals surface area contributed by atoms with E-state index in [4.69, 9.17) is 34.9 Å². The van der Waals surface area contributed by atoms with Crippen molar-refractivity contribution in [3.8, 4) is 18.2 Å². The second-order valence-electron chi connectivity index (χ2n) is 25.5. The second kappa shape index (κ2) is 29.2. The van der Waals surface area contributed by atoms with Gasteiger partial charge in [0.05, 0.1) is 107 Å². The number of aromatic amines is 1.